The Bertz CT molecular complexity index is 706. The summed E-state index contributed by atoms with van der Waals surface area (Å²) in [6, 6.07) is 6.27. The monoisotopic (exact) mass is 416 g/mol. The van der Waals surface area contributed by atoms with Crippen LogP contribution in [0.5, 0.6) is 11.5 Å². The van der Waals surface area contributed by atoms with Gasteiger partial charge in [0.1, 0.15) is 13.2 Å². The van der Waals surface area contributed by atoms with Crippen LogP contribution in [0.1, 0.15) is 44.2 Å². The van der Waals surface area contributed by atoms with E-state index in [9.17, 15) is 4.79 Å². The van der Waals surface area contributed by atoms with E-state index < -0.39 is 0 Å². The highest BCUT2D eigenvalue weighted by Gasteiger charge is 2.30. The maximum absolute atomic E-state index is 12.8. The summed E-state index contributed by atoms with van der Waals surface area (Å²) in [4.78, 5) is 19.8. The van der Waals surface area contributed by atoms with Gasteiger partial charge in [-0.3, -0.25) is 0 Å². The standard InChI is InChI=1S/C23H36N4O3/c1-2-25-12-14-26(15-13-25)10-4-3-9-24-23(28)27-11-5-6-20(27)19-7-8-21-22(18-19)30-17-16-29-21/h7-8,18,20H,2-6,9-17H2,1H3,(H,24,28). The summed E-state index contributed by atoms with van der Waals surface area (Å²) in [5.41, 5.74) is 1.14. The number of fused-ring (bicyclic) bond motifs is 1. The molecule has 7 nitrogen and oxygen atoms in total. The molecule has 30 heavy (non-hydrogen) atoms. The van der Waals surface area contributed by atoms with E-state index in [0.29, 0.717) is 13.2 Å². The molecule has 166 valence electrons. The molecular weight excluding hydrogens is 380 g/mol. The van der Waals surface area contributed by atoms with Gasteiger partial charge < -0.3 is 29.5 Å². The van der Waals surface area contributed by atoms with Crippen LogP contribution in [0.2, 0.25) is 0 Å². The molecule has 2 saturated heterocycles. The molecule has 2 fully saturated rings. The Kier molecular flexibility index (Phi) is 7.33. The molecule has 3 heterocycles. The molecule has 1 unspecified atom stereocenters. The molecule has 0 aromatic heterocycles. The van der Waals surface area contributed by atoms with Crippen molar-refractivity contribution in [2.24, 2.45) is 0 Å². The number of carbonyl (C=O) groups is 1. The van der Waals surface area contributed by atoms with Crippen molar-refractivity contribution in [1.29, 1.82) is 0 Å². The number of nitrogens with zero attached hydrogens (tertiary/aromatic N) is 3. The number of hydrogen-bond acceptors (Lipinski definition) is 5. The highest BCUT2D eigenvalue weighted by atomic mass is 16.6. The van der Waals surface area contributed by atoms with Gasteiger partial charge in [0.15, 0.2) is 11.5 Å². The molecule has 1 N–H and O–H groups in total. The Morgan fingerprint density at radius 3 is 2.60 bits per heavy atom. The minimum absolute atomic E-state index is 0.0592. The number of rotatable bonds is 7. The molecule has 3 aliphatic heterocycles. The third kappa shape index (κ3) is 5.19. The lowest BCUT2D eigenvalue weighted by Gasteiger charge is -2.34. The van der Waals surface area contributed by atoms with Crippen LogP contribution in [0, 0.1) is 0 Å². The predicted molar refractivity (Wildman–Crippen MR) is 117 cm³/mol. The second-order valence-electron chi connectivity index (χ2n) is 8.47. The molecule has 0 aliphatic carbocycles. The fourth-order valence-electron chi connectivity index (χ4n) is 4.71. The summed E-state index contributed by atoms with van der Waals surface area (Å²) in [6.07, 6.45) is 4.20. The zero-order chi connectivity index (χ0) is 20.8. The van der Waals surface area contributed by atoms with E-state index in [1.54, 1.807) is 0 Å². The first kappa shape index (κ1) is 21.2. The number of piperazine rings is 1. The minimum Gasteiger partial charge on any atom is -0.486 e. The molecule has 0 spiro atoms. The molecule has 0 bridgehead atoms. The second kappa shape index (κ2) is 10.4. The maximum atomic E-state index is 12.8. The van der Waals surface area contributed by atoms with Crippen molar-refractivity contribution in [2.45, 2.75) is 38.6 Å². The van der Waals surface area contributed by atoms with Gasteiger partial charge in [-0.2, -0.15) is 0 Å². The van der Waals surface area contributed by atoms with Crippen molar-refractivity contribution in [3.63, 3.8) is 0 Å². The molecular formula is C23H36N4O3. The van der Waals surface area contributed by atoms with E-state index in [4.69, 9.17) is 9.47 Å². The van der Waals surface area contributed by atoms with Crippen molar-refractivity contribution >= 4 is 6.03 Å². The van der Waals surface area contributed by atoms with Crippen LogP contribution >= 0.6 is 0 Å². The van der Waals surface area contributed by atoms with E-state index in [1.165, 1.54) is 26.2 Å². The summed E-state index contributed by atoms with van der Waals surface area (Å²) in [7, 11) is 0. The van der Waals surface area contributed by atoms with E-state index in [2.05, 4.69) is 28.1 Å². The molecule has 7 heteroatoms. The number of likely N-dealkylation sites (N-methyl/N-ethyl adjacent to an activating group) is 1. The molecule has 2 amide bonds. The molecule has 4 rings (SSSR count). The van der Waals surface area contributed by atoms with Crippen molar-refractivity contribution in [3.8, 4) is 11.5 Å². The third-order valence-corrected chi connectivity index (χ3v) is 6.55. The zero-order valence-electron chi connectivity index (χ0n) is 18.3. The van der Waals surface area contributed by atoms with Gasteiger partial charge in [-0.1, -0.05) is 13.0 Å². The summed E-state index contributed by atoms with van der Waals surface area (Å²) in [5.74, 6) is 1.60. The molecule has 0 saturated carbocycles. The van der Waals surface area contributed by atoms with Crippen LogP contribution in [-0.2, 0) is 0 Å². The second-order valence-corrected chi connectivity index (χ2v) is 8.47. The van der Waals surface area contributed by atoms with E-state index >= 15 is 0 Å². The van der Waals surface area contributed by atoms with Crippen molar-refractivity contribution < 1.29 is 14.3 Å². The summed E-state index contributed by atoms with van der Waals surface area (Å²) < 4.78 is 11.3. The number of likely N-dealkylation sites (tertiary alicyclic amines) is 1. The van der Waals surface area contributed by atoms with Crippen LogP contribution in [0.25, 0.3) is 0 Å². The van der Waals surface area contributed by atoms with Crippen LogP contribution in [-0.4, -0.2) is 86.3 Å². The van der Waals surface area contributed by atoms with Crippen molar-refractivity contribution in [1.82, 2.24) is 20.0 Å². The Balaban J connectivity index is 1.20. The highest BCUT2D eigenvalue weighted by Crippen LogP contribution is 2.38. The number of benzene rings is 1. The average molecular weight is 417 g/mol. The van der Waals surface area contributed by atoms with Gasteiger partial charge in [0.2, 0.25) is 0 Å². The van der Waals surface area contributed by atoms with Gasteiger partial charge in [-0.05, 0) is 56.5 Å². The lowest BCUT2D eigenvalue weighted by Crippen LogP contribution is -2.46. The zero-order valence-corrected chi connectivity index (χ0v) is 18.3. The number of amides is 2. The summed E-state index contributed by atoms with van der Waals surface area (Å²) >= 11 is 0. The molecule has 3 aliphatic rings. The quantitative estimate of drug-likeness (QED) is 0.693. The summed E-state index contributed by atoms with van der Waals surface area (Å²) in [5, 5.41) is 3.14. The smallest absolute Gasteiger partial charge is 0.317 e. The Labute approximate surface area is 180 Å². The minimum atomic E-state index is 0.0592. The van der Waals surface area contributed by atoms with Crippen molar-refractivity contribution in [2.75, 3.05) is 65.6 Å². The largest absolute Gasteiger partial charge is 0.486 e. The molecule has 1 aromatic rings. The van der Waals surface area contributed by atoms with Gasteiger partial charge in [0, 0.05) is 39.3 Å². The Hall–Kier alpha value is -1.99. The van der Waals surface area contributed by atoms with Gasteiger partial charge >= 0.3 is 6.03 Å². The molecule has 1 atom stereocenters. The number of nitrogens with one attached hydrogen (secondary N) is 1. The fourth-order valence-corrected chi connectivity index (χ4v) is 4.71. The number of hydrogen-bond donors (Lipinski definition) is 1. The summed E-state index contributed by atoms with van der Waals surface area (Å²) in [6.45, 7) is 12.0. The Morgan fingerprint density at radius 1 is 1.03 bits per heavy atom. The van der Waals surface area contributed by atoms with Crippen LogP contribution < -0.4 is 14.8 Å². The molecule has 1 aromatic carbocycles. The normalized spacial score (nSPS) is 22.3. The van der Waals surface area contributed by atoms with E-state index in [1.807, 2.05) is 17.0 Å². The predicted octanol–water partition coefficient (Wildman–Crippen LogP) is 2.72. The van der Waals surface area contributed by atoms with E-state index in [0.717, 1.165) is 68.9 Å². The fraction of sp³-hybridized carbons (Fsp3) is 0.696. The van der Waals surface area contributed by atoms with Gasteiger partial charge in [0.25, 0.3) is 0 Å². The number of carbonyl (C=O) groups excluding carboxylic acids is 1. The number of unbranched alkanes of at least 4 members (excludes halogenated alkanes) is 1. The molecule has 0 radical (unpaired) electrons. The van der Waals surface area contributed by atoms with Crippen LogP contribution in [0.4, 0.5) is 4.79 Å². The number of urea groups is 1. The average Bonchev–Trinajstić information content (AvgIpc) is 3.29. The van der Waals surface area contributed by atoms with E-state index in [-0.39, 0.29) is 12.1 Å². The first-order valence-corrected chi connectivity index (χ1v) is 11.6. The lowest BCUT2D eigenvalue weighted by molar-refractivity contribution is 0.135. The van der Waals surface area contributed by atoms with Gasteiger partial charge in [0.05, 0.1) is 6.04 Å². The number of ether oxygens (including phenoxy) is 2. The topological polar surface area (TPSA) is 57.3 Å². The Morgan fingerprint density at radius 2 is 1.80 bits per heavy atom. The van der Waals surface area contributed by atoms with Crippen molar-refractivity contribution in [3.05, 3.63) is 23.8 Å². The van der Waals surface area contributed by atoms with Gasteiger partial charge in [-0.15, -0.1) is 0 Å². The maximum Gasteiger partial charge on any atom is 0.317 e. The van der Waals surface area contributed by atoms with Gasteiger partial charge in [-0.25, -0.2) is 4.79 Å². The third-order valence-electron chi connectivity index (χ3n) is 6.55. The lowest BCUT2D eigenvalue weighted by atomic mass is 10.0. The van der Waals surface area contributed by atoms with Crippen LogP contribution in [0.3, 0.4) is 0 Å². The highest BCUT2D eigenvalue weighted by molar-refractivity contribution is 5.75. The SMILES string of the molecule is CCN1CCN(CCCCNC(=O)N2CCCC2c2ccc3c(c2)OCCO3)CC1. The van der Waals surface area contributed by atoms with Crippen LogP contribution in [0.15, 0.2) is 18.2 Å². The first-order chi connectivity index (χ1) is 14.7. The first-order valence-electron chi connectivity index (χ1n) is 11.6.